The zero-order valence-electron chi connectivity index (χ0n) is 17.5. The Hall–Kier alpha value is -2.26. The zero-order chi connectivity index (χ0) is 21.9. The van der Waals surface area contributed by atoms with Gasteiger partial charge in [0, 0.05) is 12.2 Å². The summed E-state index contributed by atoms with van der Waals surface area (Å²) >= 11 is 0. The summed E-state index contributed by atoms with van der Waals surface area (Å²) in [5.41, 5.74) is 2.65. The smallest absolute Gasteiger partial charge is 0.265 e. The normalized spacial score (nSPS) is 14.3. The fourth-order valence-corrected chi connectivity index (χ4v) is 6.49. The third kappa shape index (κ3) is 4.73. The molecule has 0 atom stereocenters. The van der Waals surface area contributed by atoms with E-state index >= 15 is 0 Å². The Morgan fingerprint density at radius 3 is 2.53 bits per heavy atom. The summed E-state index contributed by atoms with van der Waals surface area (Å²) in [4.78, 5) is 0.0780. The van der Waals surface area contributed by atoms with Crippen molar-refractivity contribution < 1.29 is 21.6 Å². The monoisotopic (exact) mass is 452 g/mol. The van der Waals surface area contributed by atoms with E-state index < -0.39 is 20.0 Å². The summed E-state index contributed by atoms with van der Waals surface area (Å²) in [6.07, 6.45) is 1.93. The van der Waals surface area contributed by atoms with Gasteiger partial charge in [0.25, 0.3) is 10.0 Å². The average Bonchev–Trinajstić information content (AvgIpc) is 2.68. The number of fused-ring (bicyclic) bond motifs is 1. The van der Waals surface area contributed by atoms with E-state index in [1.165, 1.54) is 4.31 Å². The SMILES string of the molecule is CCCS(=O)(=O)N1CCCc2cc(NS(=O)(=O)c3cc(C)ccc3OCC)ccc21. The van der Waals surface area contributed by atoms with Crippen molar-refractivity contribution in [3.8, 4) is 5.75 Å². The maximum absolute atomic E-state index is 13.0. The highest BCUT2D eigenvalue weighted by molar-refractivity contribution is 7.93. The summed E-state index contributed by atoms with van der Waals surface area (Å²) in [5, 5.41) is 0. The van der Waals surface area contributed by atoms with Gasteiger partial charge in [-0.05, 0) is 74.6 Å². The van der Waals surface area contributed by atoms with Crippen LogP contribution in [0, 0.1) is 6.92 Å². The van der Waals surface area contributed by atoms with E-state index in [0.29, 0.717) is 49.5 Å². The van der Waals surface area contributed by atoms with Crippen molar-refractivity contribution in [3.63, 3.8) is 0 Å². The predicted molar refractivity (Wildman–Crippen MR) is 119 cm³/mol. The molecule has 30 heavy (non-hydrogen) atoms. The molecule has 0 fully saturated rings. The van der Waals surface area contributed by atoms with Gasteiger partial charge in [-0.3, -0.25) is 9.03 Å². The second-order valence-electron chi connectivity index (χ2n) is 7.32. The molecule has 0 aromatic heterocycles. The molecule has 0 radical (unpaired) electrons. The molecule has 0 amide bonds. The van der Waals surface area contributed by atoms with Gasteiger partial charge in [0.15, 0.2) is 0 Å². The van der Waals surface area contributed by atoms with E-state index in [-0.39, 0.29) is 10.6 Å². The minimum absolute atomic E-state index is 0.0780. The molecule has 9 heteroatoms. The van der Waals surface area contributed by atoms with Crippen LogP contribution in [0.3, 0.4) is 0 Å². The molecule has 0 saturated carbocycles. The number of nitrogens with one attached hydrogen (secondary N) is 1. The van der Waals surface area contributed by atoms with Crippen molar-refractivity contribution in [2.75, 3.05) is 27.9 Å². The van der Waals surface area contributed by atoms with E-state index in [0.717, 1.165) is 11.1 Å². The zero-order valence-corrected chi connectivity index (χ0v) is 19.1. The molecule has 3 rings (SSSR count). The molecule has 0 saturated heterocycles. The number of aryl methyl sites for hydroxylation is 2. The van der Waals surface area contributed by atoms with Crippen LogP contribution in [0.2, 0.25) is 0 Å². The Kier molecular flexibility index (Phi) is 6.62. The molecule has 0 bridgehead atoms. The molecule has 1 aliphatic heterocycles. The lowest BCUT2D eigenvalue weighted by atomic mass is 10.0. The minimum Gasteiger partial charge on any atom is -0.492 e. The summed E-state index contributed by atoms with van der Waals surface area (Å²) < 4.78 is 60.8. The van der Waals surface area contributed by atoms with Gasteiger partial charge >= 0.3 is 0 Å². The standard InChI is InChI=1S/C21H28N2O5S2/c1-4-13-29(24,25)23-12-6-7-17-15-18(9-10-19(17)23)22-30(26,27)21-14-16(3)8-11-20(21)28-5-2/h8-11,14-15,22H,4-7,12-13H2,1-3H3. The lowest BCUT2D eigenvalue weighted by Crippen LogP contribution is -2.37. The van der Waals surface area contributed by atoms with Gasteiger partial charge in [0.05, 0.1) is 18.0 Å². The Bertz CT molecular complexity index is 1130. The van der Waals surface area contributed by atoms with Gasteiger partial charge in [-0.15, -0.1) is 0 Å². The highest BCUT2D eigenvalue weighted by Gasteiger charge is 2.27. The van der Waals surface area contributed by atoms with Crippen LogP contribution in [0.4, 0.5) is 11.4 Å². The van der Waals surface area contributed by atoms with E-state index in [4.69, 9.17) is 4.74 Å². The first kappa shape index (κ1) is 22.4. The lowest BCUT2D eigenvalue weighted by Gasteiger charge is -2.30. The van der Waals surface area contributed by atoms with Crippen LogP contribution in [0.15, 0.2) is 41.3 Å². The van der Waals surface area contributed by atoms with Crippen molar-refractivity contribution in [1.82, 2.24) is 0 Å². The number of rotatable bonds is 8. The topological polar surface area (TPSA) is 92.8 Å². The highest BCUT2D eigenvalue weighted by atomic mass is 32.2. The first-order valence-electron chi connectivity index (χ1n) is 10.1. The van der Waals surface area contributed by atoms with Crippen molar-refractivity contribution in [3.05, 3.63) is 47.5 Å². The van der Waals surface area contributed by atoms with Crippen LogP contribution in [0.25, 0.3) is 0 Å². The molecule has 1 heterocycles. The van der Waals surface area contributed by atoms with Crippen molar-refractivity contribution in [2.45, 2.75) is 44.9 Å². The molecule has 0 spiro atoms. The van der Waals surface area contributed by atoms with E-state index in [2.05, 4.69) is 4.72 Å². The van der Waals surface area contributed by atoms with Gasteiger partial charge in [0.1, 0.15) is 10.6 Å². The molecular weight excluding hydrogens is 424 g/mol. The second kappa shape index (κ2) is 8.85. The fourth-order valence-electron chi connectivity index (χ4n) is 3.59. The first-order valence-corrected chi connectivity index (χ1v) is 13.2. The highest BCUT2D eigenvalue weighted by Crippen LogP contribution is 2.33. The summed E-state index contributed by atoms with van der Waals surface area (Å²) in [6.45, 7) is 6.25. The number of hydrogen-bond donors (Lipinski definition) is 1. The average molecular weight is 453 g/mol. The Morgan fingerprint density at radius 1 is 1.07 bits per heavy atom. The number of hydrogen-bond acceptors (Lipinski definition) is 5. The van der Waals surface area contributed by atoms with Gasteiger partial charge in [-0.25, -0.2) is 16.8 Å². The Labute approximate surface area is 179 Å². The lowest BCUT2D eigenvalue weighted by molar-refractivity contribution is 0.331. The minimum atomic E-state index is -3.87. The number of sulfonamides is 2. The van der Waals surface area contributed by atoms with E-state index in [1.54, 1.807) is 43.3 Å². The Morgan fingerprint density at radius 2 is 1.83 bits per heavy atom. The van der Waals surface area contributed by atoms with E-state index in [1.807, 2.05) is 13.8 Å². The molecule has 0 aliphatic carbocycles. The van der Waals surface area contributed by atoms with Crippen molar-refractivity contribution in [2.24, 2.45) is 0 Å². The third-order valence-electron chi connectivity index (χ3n) is 4.89. The Balaban J connectivity index is 1.93. The molecular formula is C21H28N2O5S2. The number of benzene rings is 2. The van der Waals surface area contributed by atoms with Crippen LogP contribution in [-0.2, 0) is 26.5 Å². The first-order chi connectivity index (χ1) is 14.2. The molecule has 0 unspecified atom stereocenters. The summed E-state index contributed by atoms with van der Waals surface area (Å²) in [7, 11) is -7.25. The molecule has 2 aromatic carbocycles. The number of nitrogens with zero attached hydrogens (tertiary/aromatic N) is 1. The van der Waals surface area contributed by atoms with Crippen LogP contribution in [0.5, 0.6) is 5.75 Å². The maximum Gasteiger partial charge on any atom is 0.265 e. The summed E-state index contributed by atoms with van der Waals surface area (Å²) in [5.74, 6) is 0.388. The van der Waals surface area contributed by atoms with Gasteiger partial charge in [-0.2, -0.15) is 0 Å². The van der Waals surface area contributed by atoms with Crippen LogP contribution >= 0.6 is 0 Å². The van der Waals surface area contributed by atoms with Crippen molar-refractivity contribution >= 4 is 31.4 Å². The number of ether oxygens (including phenoxy) is 1. The summed E-state index contributed by atoms with van der Waals surface area (Å²) in [6, 6.07) is 10.0. The van der Waals surface area contributed by atoms with E-state index in [9.17, 15) is 16.8 Å². The van der Waals surface area contributed by atoms with Gasteiger partial charge in [-0.1, -0.05) is 13.0 Å². The van der Waals surface area contributed by atoms with Crippen LogP contribution in [0.1, 0.15) is 37.8 Å². The molecule has 7 nitrogen and oxygen atoms in total. The fraction of sp³-hybridized carbons (Fsp3) is 0.429. The van der Waals surface area contributed by atoms with Gasteiger partial charge < -0.3 is 4.74 Å². The van der Waals surface area contributed by atoms with Crippen LogP contribution < -0.4 is 13.8 Å². The maximum atomic E-state index is 13.0. The van der Waals surface area contributed by atoms with Crippen molar-refractivity contribution in [1.29, 1.82) is 0 Å². The number of anilines is 2. The third-order valence-corrected chi connectivity index (χ3v) is 8.27. The van der Waals surface area contributed by atoms with Crippen LogP contribution in [-0.4, -0.2) is 35.7 Å². The largest absolute Gasteiger partial charge is 0.492 e. The molecule has 1 N–H and O–H groups in total. The quantitative estimate of drug-likeness (QED) is 0.659. The molecule has 164 valence electrons. The molecule has 2 aromatic rings. The molecule has 1 aliphatic rings. The predicted octanol–water partition coefficient (Wildman–Crippen LogP) is 3.69. The second-order valence-corrected chi connectivity index (χ2v) is 11.0. The van der Waals surface area contributed by atoms with Gasteiger partial charge in [0.2, 0.25) is 10.0 Å².